The first-order valence-electron chi connectivity index (χ1n) is 6.23. The topological polar surface area (TPSA) is 34.1 Å². The number of aromatic nitrogens is 1. The van der Waals surface area contributed by atoms with Crippen LogP contribution in [0, 0.1) is 12.3 Å². The molecule has 104 valence electrons. The number of nitrogens with zero attached hydrogens (tertiary/aromatic N) is 1. The van der Waals surface area contributed by atoms with E-state index in [4.69, 9.17) is 11.2 Å². The lowest BCUT2D eigenvalue weighted by atomic mass is 10.2. The van der Waals surface area contributed by atoms with Gasteiger partial charge in [0.25, 0.3) is 0 Å². The van der Waals surface area contributed by atoms with E-state index < -0.39 is 0 Å². The second-order valence-electron chi connectivity index (χ2n) is 4.10. The van der Waals surface area contributed by atoms with Gasteiger partial charge >= 0.3 is 0 Å². The van der Waals surface area contributed by atoms with Gasteiger partial charge in [0.1, 0.15) is 12.4 Å². The summed E-state index contributed by atoms with van der Waals surface area (Å²) in [6.45, 7) is 1.91. The van der Waals surface area contributed by atoms with E-state index in [1.807, 2.05) is 29.8 Å². The number of ether oxygens (including phenoxy) is 1. The van der Waals surface area contributed by atoms with Crippen LogP contribution in [-0.4, -0.2) is 18.1 Å². The van der Waals surface area contributed by atoms with Crippen molar-refractivity contribution in [2.24, 2.45) is 0 Å². The summed E-state index contributed by atoms with van der Waals surface area (Å²) >= 11 is 5.15. The van der Waals surface area contributed by atoms with Crippen LogP contribution in [0.3, 0.4) is 0 Å². The maximum Gasteiger partial charge on any atom is 0.148 e. The maximum atomic E-state index is 5.54. The van der Waals surface area contributed by atoms with Gasteiger partial charge in [-0.25, -0.2) is 4.98 Å². The number of thiazole rings is 1. The highest BCUT2D eigenvalue weighted by atomic mass is 79.9. The third-order valence-corrected chi connectivity index (χ3v) is 3.98. The molecule has 0 fully saturated rings. The predicted molar refractivity (Wildman–Crippen MR) is 86.0 cm³/mol. The van der Waals surface area contributed by atoms with Crippen LogP contribution in [0.1, 0.15) is 10.6 Å². The highest BCUT2D eigenvalue weighted by Crippen LogP contribution is 2.23. The Balaban J connectivity index is 1.87. The molecule has 0 aliphatic rings. The Labute approximate surface area is 131 Å². The van der Waals surface area contributed by atoms with Gasteiger partial charge in [0, 0.05) is 41.1 Å². The Morgan fingerprint density at radius 1 is 1.45 bits per heavy atom. The monoisotopic (exact) mass is 350 g/mol. The van der Waals surface area contributed by atoms with Gasteiger partial charge in [-0.1, -0.05) is 21.9 Å². The van der Waals surface area contributed by atoms with Crippen molar-refractivity contribution in [3.05, 3.63) is 44.8 Å². The number of halogens is 1. The molecule has 0 aliphatic carbocycles. The number of nitrogens with one attached hydrogen (secondary N) is 1. The predicted octanol–water partition coefficient (Wildman–Crippen LogP) is 3.25. The molecule has 2 aromatic rings. The van der Waals surface area contributed by atoms with Crippen molar-refractivity contribution in [2.45, 2.75) is 13.0 Å². The first-order chi connectivity index (χ1) is 9.79. The van der Waals surface area contributed by atoms with Gasteiger partial charge in [-0.3, -0.25) is 0 Å². The van der Waals surface area contributed by atoms with Crippen molar-refractivity contribution in [3.8, 4) is 18.1 Å². The number of hydrogen-bond acceptors (Lipinski definition) is 4. The molecule has 3 nitrogen and oxygen atoms in total. The minimum atomic E-state index is 0.285. The summed E-state index contributed by atoms with van der Waals surface area (Å²) in [6, 6.07) is 5.92. The Bertz CT molecular complexity index is 578. The highest BCUT2D eigenvalue weighted by Gasteiger charge is 2.04. The van der Waals surface area contributed by atoms with E-state index in [1.54, 1.807) is 11.3 Å². The molecule has 0 bridgehead atoms. The average Bonchev–Trinajstić information content (AvgIpc) is 2.96. The zero-order valence-corrected chi connectivity index (χ0v) is 13.3. The second-order valence-corrected chi connectivity index (χ2v) is 5.99. The lowest BCUT2D eigenvalue weighted by Crippen LogP contribution is -2.17. The molecule has 1 aromatic heterocycles. The Morgan fingerprint density at radius 2 is 2.35 bits per heavy atom. The van der Waals surface area contributed by atoms with Crippen molar-refractivity contribution in [3.63, 3.8) is 0 Å². The van der Waals surface area contributed by atoms with Gasteiger partial charge in [-0.05, 0) is 18.2 Å². The van der Waals surface area contributed by atoms with E-state index in [0.29, 0.717) is 0 Å². The lowest BCUT2D eigenvalue weighted by Gasteiger charge is -2.11. The van der Waals surface area contributed by atoms with Crippen LogP contribution in [0.25, 0.3) is 0 Å². The quantitative estimate of drug-likeness (QED) is 0.614. The first-order valence-corrected chi connectivity index (χ1v) is 7.90. The van der Waals surface area contributed by atoms with Gasteiger partial charge in [-0.2, -0.15) is 0 Å². The first kappa shape index (κ1) is 15.0. The normalized spacial score (nSPS) is 10.2. The molecule has 0 saturated carbocycles. The number of rotatable bonds is 7. The standard InChI is InChI=1S/C15H15BrN2OS/c1-2-8-19-14-4-3-13(16)10-12(14)11-17-6-5-15-18-7-9-20-15/h1,3-4,7,9-10,17H,5-6,8,11H2. The van der Waals surface area contributed by atoms with Crippen molar-refractivity contribution in [1.82, 2.24) is 10.3 Å². The SMILES string of the molecule is C#CCOc1ccc(Br)cc1CNCCc1nccs1. The Hall–Kier alpha value is -1.35. The number of benzene rings is 1. The third kappa shape index (κ3) is 4.64. The Morgan fingerprint density at radius 3 is 3.10 bits per heavy atom. The minimum Gasteiger partial charge on any atom is -0.481 e. The Kier molecular flexibility index (Phi) is 6.06. The molecule has 0 spiro atoms. The molecule has 1 heterocycles. The van der Waals surface area contributed by atoms with Crippen LogP contribution in [-0.2, 0) is 13.0 Å². The molecule has 0 saturated heterocycles. The smallest absolute Gasteiger partial charge is 0.148 e. The molecule has 1 N–H and O–H groups in total. The fraction of sp³-hybridized carbons (Fsp3) is 0.267. The molecule has 20 heavy (non-hydrogen) atoms. The summed E-state index contributed by atoms with van der Waals surface area (Å²) < 4.78 is 6.57. The molecule has 0 aliphatic heterocycles. The van der Waals surface area contributed by atoms with Crippen molar-refractivity contribution in [1.29, 1.82) is 0 Å². The lowest BCUT2D eigenvalue weighted by molar-refractivity contribution is 0.365. The second kappa shape index (κ2) is 8.05. The molecule has 1 aromatic carbocycles. The third-order valence-electron chi connectivity index (χ3n) is 2.65. The summed E-state index contributed by atoms with van der Waals surface area (Å²) in [7, 11) is 0. The van der Waals surface area contributed by atoms with Crippen molar-refractivity contribution < 1.29 is 4.74 Å². The number of terminal acetylenes is 1. The average molecular weight is 351 g/mol. The molecular weight excluding hydrogens is 336 g/mol. The molecule has 0 unspecified atom stereocenters. The van der Waals surface area contributed by atoms with Crippen molar-refractivity contribution in [2.75, 3.05) is 13.2 Å². The van der Waals surface area contributed by atoms with Gasteiger partial charge < -0.3 is 10.1 Å². The van der Waals surface area contributed by atoms with E-state index >= 15 is 0 Å². The minimum absolute atomic E-state index is 0.285. The molecule has 5 heteroatoms. The van der Waals surface area contributed by atoms with E-state index in [1.165, 1.54) is 0 Å². The van der Waals surface area contributed by atoms with Crippen LogP contribution in [0.2, 0.25) is 0 Å². The summed E-state index contributed by atoms with van der Waals surface area (Å²) in [5.41, 5.74) is 1.09. The zero-order chi connectivity index (χ0) is 14.2. The molecule has 0 amide bonds. The molecule has 0 radical (unpaired) electrons. The molecular formula is C15H15BrN2OS. The summed E-state index contributed by atoms with van der Waals surface area (Å²) in [4.78, 5) is 4.26. The maximum absolute atomic E-state index is 5.54. The van der Waals surface area contributed by atoms with Crippen LogP contribution >= 0.6 is 27.3 Å². The fourth-order valence-electron chi connectivity index (χ4n) is 1.74. The van der Waals surface area contributed by atoms with E-state index in [2.05, 4.69) is 32.2 Å². The summed E-state index contributed by atoms with van der Waals surface area (Å²) in [6.07, 6.45) is 8.00. The van der Waals surface area contributed by atoms with Gasteiger partial charge in [0.05, 0.1) is 5.01 Å². The van der Waals surface area contributed by atoms with Gasteiger partial charge in [-0.15, -0.1) is 17.8 Å². The van der Waals surface area contributed by atoms with Gasteiger partial charge in [0.2, 0.25) is 0 Å². The summed E-state index contributed by atoms with van der Waals surface area (Å²) in [5, 5.41) is 6.54. The fourth-order valence-corrected chi connectivity index (χ4v) is 2.77. The van der Waals surface area contributed by atoms with Crippen LogP contribution in [0.5, 0.6) is 5.75 Å². The zero-order valence-electron chi connectivity index (χ0n) is 10.9. The van der Waals surface area contributed by atoms with Crippen LogP contribution in [0.4, 0.5) is 0 Å². The van der Waals surface area contributed by atoms with Crippen LogP contribution in [0.15, 0.2) is 34.2 Å². The largest absolute Gasteiger partial charge is 0.481 e. The van der Waals surface area contributed by atoms with E-state index in [9.17, 15) is 0 Å². The van der Waals surface area contributed by atoms with Crippen LogP contribution < -0.4 is 10.1 Å². The summed E-state index contributed by atoms with van der Waals surface area (Å²) in [5.74, 6) is 3.31. The molecule has 2 rings (SSSR count). The number of hydrogen-bond donors (Lipinski definition) is 1. The van der Waals surface area contributed by atoms with Crippen molar-refractivity contribution >= 4 is 27.3 Å². The highest BCUT2D eigenvalue weighted by molar-refractivity contribution is 9.10. The van der Waals surface area contributed by atoms with E-state index in [-0.39, 0.29) is 6.61 Å². The molecule has 0 atom stereocenters. The van der Waals surface area contributed by atoms with Gasteiger partial charge in [0.15, 0.2) is 0 Å². The van der Waals surface area contributed by atoms with E-state index in [0.717, 1.165) is 40.3 Å².